The summed E-state index contributed by atoms with van der Waals surface area (Å²) in [5.74, 6) is 1.13. The molecule has 0 fully saturated rings. The first-order chi connectivity index (χ1) is 12.6. The van der Waals surface area contributed by atoms with Gasteiger partial charge in [-0.1, -0.05) is 30.0 Å². The van der Waals surface area contributed by atoms with Crippen LogP contribution in [0, 0.1) is 0 Å². The molecule has 0 aliphatic heterocycles. The average Bonchev–Trinajstić information content (AvgIpc) is 3.16. The highest BCUT2D eigenvalue weighted by Crippen LogP contribution is 2.28. The number of rotatable bonds is 6. The molecule has 0 bridgehead atoms. The zero-order valence-corrected chi connectivity index (χ0v) is 15.6. The van der Waals surface area contributed by atoms with Gasteiger partial charge in [-0.2, -0.15) is 0 Å². The van der Waals surface area contributed by atoms with Gasteiger partial charge >= 0.3 is 0 Å². The first-order valence-corrected chi connectivity index (χ1v) is 8.93. The molecule has 3 rings (SSSR count). The van der Waals surface area contributed by atoms with Crippen LogP contribution in [0.5, 0.6) is 5.75 Å². The molecule has 0 saturated carbocycles. The number of nitrogens with zero attached hydrogens (tertiary/aromatic N) is 3. The van der Waals surface area contributed by atoms with Gasteiger partial charge in [0.15, 0.2) is 0 Å². The van der Waals surface area contributed by atoms with Crippen LogP contribution in [-0.4, -0.2) is 35.5 Å². The van der Waals surface area contributed by atoms with Crippen LogP contribution in [0.1, 0.15) is 6.92 Å². The molecule has 0 aliphatic rings. The smallest absolute Gasteiger partial charge is 0.277 e. The highest BCUT2D eigenvalue weighted by Gasteiger charge is 2.22. The highest BCUT2D eigenvalue weighted by molar-refractivity contribution is 8.00. The van der Waals surface area contributed by atoms with E-state index in [0.29, 0.717) is 11.1 Å². The standard InChI is InChI=1S/C19H19N3O3S/c1-13(18(23)22(2)15-7-5-4-6-8-15)26-19-21-20-17(25-19)14-9-11-16(24-3)12-10-14/h4-13H,1-3H3. The van der Waals surface area contributed by atoms with Crippen molar-refractivity contribution in [2.45, 2.75) is 17.4 Å². The van der Waals surface area contributed by atoms with Crippen molar-refractivity contribution in [1.29, 1.82) is 0 Å². The lowest BCUT2D eigenvalue weighted by Crippen LogP contribution is -2.33. The lowest BCUT2D eigenvalue weighted by Gasteiger charge is -2.20. The monoisotopic (exact) mass is 369 g/mol. The zero-order valence-electron chi connectivity index (χ0n) is 14.7. The number of aromatic nitrogens is 2. The maximum absolute atomic E-state index is 12.6. The summed E-state index contributed by atoms with van der Waals surface area (Å²) in [6.07, 6.45) is 0. The Morgan fingerprint density at radius 1 is 1.12 bits per heavy atom. The zero-order chi connectivity index (χ0) is 18.5. The van der Waals surface area contributed by atoms with E-state index in [1.165, 1.54) is 11.8 Å². The minimum atomic E-state index is -0.357. The predicted molar refractivity (Wildman–Crippen MR) is 101 cm³/mol. The quantitative estimate of drug-likeness (QED) is 0.614. The fourth-order valence-electron chi connectivity index (χ4n) is 2.36. The average molecular weight is 369 g/mol. The van der Waals surface area contributed by atoms with Crippen LogP contribution in [0.15, 0.2) is 64.2 Å². The summed E-state index contributed by atoms with van der Waals surface area (Å²) < 4.78 is 10.8. The fraction of sp³-hybridized carbons (Fsp3) is 0.211. The van der Waals surface area contributed by atoms with E-state index in [-0.39, 0.29) is 11.2 Å². The van der Waals surface area contributed by atoms with E-state index in [0.717, 1.165) is 17.0 Å². The SMILES string of the molecule is COc1ccc(-c2nnc(SC(C)C(=O)N(C)c3ccccc3)o2)cc1. The molecule has 0 aliphatic carbocycles. The Morgan fingerprint density at radius 2 is 1.81 bits per heavy atom. The molecule has 26 heavy (non-hydrogen) atoms. The predicted octanol–water partition coefficient (Wildman–Crippen LogP) is 3.89. The van der Waals surface area contributed by atoms with Crippen molar-refractivity contribution in [3.05, 3.63) is 54.6 Å². The van der Waals surface area contributed by atoms with Crippen molar-refractivity contribution in [1.82, 2.24) is 10.2 Å². The molecular weight excluding hydrogens is 350 g/mol. The van der Waals surface area contributed by atoms with Gasteiger partial charge in [0.25, 0.3) is 5.22 Å². The molecule has 3 aromatic rings. The molecule has 134 valence electrons. The number of carbonyl (C=O) groups excluding carboxylic acids is 1. The number of benzene rings is 2. The summed E-state index contributed by atoms with van der Waals surface area (Å²) in [6, 6.07) is 16.8. The number of methoxy groups -OCH3 is 1. The molecule has 6 nitrogen and oxygen atoms in total. The lowest BCUT2D eigenvalue weighted by molar-refractivity contribution is -0.117. The molecule has 1 amide bonds. The second kappa shape index (κ2) is 8.05. The Kier molecular flexibility index (Phi) is 5.58. The fourth-order valence-corrected chi connectivity index (χ4v) is 3.14. The number of hydrogen-bond acceptors (Lipinski definition) is 6. The summed E-state index contributed by atoms with van der Waals surface area (Å²) in [7, 11) is 3.37. The Balaban J connectivity index is 1.67. The third-order valence-electron chi connectivity index (χ3n) is 3.84. The van der Waals surface area contributed by atoms with Crippen LogP contribution >= 0.6 is 11.8 Å². The van der Waals surface area contributed by atoms with Crippen LogP contribution in [0.3, 0.4) is 0 Å². The molecule has 1 heterocycles. The van der Waals surface area contributed by atoms with Gasteiger partial charge in [-0.25, -0.2) is 0 Å². The van der Waals surface area contributed by atoms with E-state index in [4.69, 9.17) is 9.15 Å². The number of amides is 1. The van der Waals surface area contributed by atoms with Crippen LogP contribution in [-0.2, 0) is 4.79 Å². The van der Waals surface area contributed by atoms with Crippen molar-refractivity contribution in [3.8, 4) is 17.2 Å². The maximum atomic E-state index is 12.6. The highest BCUT2D eigenvalue weighted by atomic mass is 32.2. The summed E-state index contributed by atoms with van der Waals surface area (Å²) >= 11 is 1.24. The number of carbonyl (C=O) groups is 1. The number of ether oxygens (including phenoxy) is 1. The van der Waals surface area contributed by atoms with Gasteiger partial charge in [-0.3, -0.25) is 4.79 Å². The third kappa shape index (κ3) is 4.05. The van der Waals surface area contributed by atoms with E-state index in [2.05, 4.69) is 10.2 Å². The Bertz CT molecular complexity index is 865. The number of hydrogen-bond donors (Lipinski definition) is 0. The number of anilines is 1. The molecule has 0 radical (unpaired) electrons. The van der Waals surface area contributed by atoms with Crippen LogP contribution in [0.25, 0.3) is 11.5 Å². The number of thioether (sulfide) groups is 1. The van der Waals surface area contributed by atoms with Crippen molar-refractivity contribution in [3.63, 3.8) is 0 Å². The molecule has 1 unspecified atom stereocenters. The van der Waals surface area contributed by atoms with E-state index in [9.17, 15) is 4.79 Å². The Morgan fingerprint density at radius 3 is 2.46 bits per heavy atom. The summed E-state index contributed by atoms with van der Waals surface area (Å²) in [5, 5.41) is 8.09. The molecule has 0 N–H and O–H groups in total. The topological polar surface area (TPSA) is 68.5 Å². The largest absolute Gasteiger partial charge is 0.497 e. The molecule has 0 spiro atoms. The first-order valence-electron chi connectivity index (χ1n) is 8.05. The summed E-state index contributed by atoms with van der Waals surface area (Å²) in [6.45, 7) is 1.82. The maximum Gasteiger partial charge on any atom is 0.277 e. The minimum absolute atomic E-state index is 0.0367. The van der Waals surface area contributed by atoms with Gasteiger partial charge in [-0.15, -0.1) is 10.2 Å². The van der Waals surface area contributed by atoms with Crippen molar-refractivity contribution in [2.75, 3.05) is 19.1 Å². The van der Waals surface area contributed by atoms with Crippen molar-refractivity contribution < 1.29 is 13.9 Å². The molecule has 1 atom stereocenters. The van der Waals surface area contributed by atoms with Gasteiger partial charge in [0.1, 0.15) is 5.75 Å². The van der Waals surface area contributed by atoms with Gasteiger partial charge in [-0.05, 0) is 43.3 Å². The van der Waals surface area contributed by atoms with Gasteiger partial charge in [0.05, 0.1) is 12.4 Å². The Hall–Kier alpha value is -2.80. The molecule has 1 aromatic heterocycles. The second-order valence-electron chi connectivity index (χ2n) is 5.59. The summed E-state index contributed by atoms with van der Waals surface area (Å²) in [5.41, 5.74) is 1.64. The molecule has 2 aromatic carbocycles. The lowest BCUT2D eigenvalue weighted by atomic mass is 10.2. The van der Waals surface area contributed by atoms with Crippen molar-refractivity contribution >= 4 is 23.4 Å². The number of para-hydroxylation sites is 1. The molecule has 0 saturated heterocycles. The van der Waals surface area contributed by atoms with E-state index >= 15 is 0 Å². The Labute approximate surface area is 156 Å². The molecule has 7 heteroatoms. The minimum Gasteiger partial charge on any atom is -0.497 e. The van der Waals surface area contributed by atoms with Crippen LogP contribution < -0.4 is 9.64 Å². The normalized spacial score (nSPS) is 11.8. The van der Waals surface area contributed by atoms with Gasteiger partial charge < -0.3 is 14.1 Å². The van der Waals surface area contributed by atoms with Gasteiger partial charge in [0.2, 0.25) is 11.8 Å². The van der Waals surface area contributed by atoms with E-state index < -0.39 is 0 Å². The van der Waals surface area contributed by atoms with E-state index in [1.807, 2.05) is 61.5 Å². The third-order valence-corrected chi connectivity index (χ3v) is 4.76. The van der Waals surface area contributed by atoms with Crippen LogP contribution in [0.4, 0.5) is 5.69 Å². The van der Waals surface area contributed by atoms with Gasteiger partial charge in [0, 0.05) is 18.3 Å². The molecular formula is C19H19N3O3S. The van der Waals surface area contributed by atoms with Crippen LogP contribution in [0.2, 0.25) is 0 Å². The first kappa shape index (κ1) is 18.0. The second-order valence-corrected chi connectivity index (χ2v) is 6.89. The summed E-state index contributed by atoms with van der Waals surface area (Å²) in [4.78, 5) is 14.2. The van der Waals surface area contributed by atoms with E-state index in [1.54, 1.807) is 19.1 Å². The van der Waals surface area contributed by atoms with Crippen molar-refractivity contribution in [2.24, 2.45) is 0 Å².